The fraction of sp³-hybridized carbons (Fsp3) is 0.938. The molecule has 1 amide bonds. The Morgan fingerprint density at radius 2 is 1.63 bits per heavy atom. The van der Waals surface area contributed by atoms with Gasteiger partial charge >= 0.3 is 0 Å². The number of aliphatic hydroxyl groups is 1. The van der Waals surface area contributed by atoms with Crippen molar-refractivity contribution in [1.29, 1.82) is 0 Å². The van der Waals surface area contributed by atoms with Crippen molar-refractivity contribution in [3.05, 3.63) is 0 Å². The molecule has 0 aromatic heterocycles. The van der Waals surface area contributed by atoms with Crippen LogP contribution in [0.15, 0.2) is 0 Å². The molecule has 1 aliphatic carbocycles. The maximum absolute atomic E-state index is 12.1. The number of hydrogen-bond acceptors (Lipinski definition) is 2. The maximum atomic E-state index is 12.1. The van der Waals surface area contributed by atoms with Crippen molar-refractivity contribution in [2.75, 3.05) is 13.2 Å². The van der Waals surface area contributed by atoms with Crippen LogP contribution in [0, 0.1) is 22.7 Å². The van der Waals surface area contributed by atoms with Crippen LogP contribution in [0.1, 0.15) is 60.3 Å². The largest absolute Gasteiger partial charge is 0.396 e. The zero-order valence-electron chi connectivity index (χ0n) is 13.3. The fourth-order valence-electron chi connectivity index (χ4n) is 2.75. The van der Waals surface area contributed by atoms with Gasteiger partial charge < -0.3 is 10.4 Å². The number of carbonyl (C=O) groups excluding carboxylic acids is 1. The molecule has 0 heterocycles. The Hall–Kier alpha value is -0.570. The first-order valence-electron chi connectivity index (χ1n) is 7.54. The van der Waals surface area contributed by atoms with Crippen molar-refractivity contribution >= 4 is 5.91 Å². The predicted octanol–water partition coefficient (Wildman–Crippen LogP) is 2.97. The van der Waals surface area contributed by atoms with Gasteiger partial charge in [-0.3, -0.25) is 4.79 Å². The highest BCUT2D eigenvalue weighted by Gasteiger charge is 2.32. The Labute approximate surface area is 118 Å². The molecular formula is C16H31NO2. The molecule has 0 aromatic carbocycles. The zero-order chi connectivity index (χ0) is 14.7. The summed E-state index contributed by atoms with van der Waals surface area (Å²) in [4.78, 5) is 12.1. The maximum Gasteiger partial charge on any atom is 0.223 e. The summed E-state index contributed by atoms with van der Waals surface area (Å²) in [7, 11) is 0. The topological polar surface area (TPSA) is 49.3 Å². The van der Waals surface area contributed by atoms with E-state index in [9.17, 15) is 9.90 Å². The van der Waals surface area contributed by atoms with Crippen LogP contribution in [-0.4, -0.2) is 24.2 Å². The second kappa shape index (κ2) is 6.25. The first-order valence-corrected chi connectivity index (χ1v) is 7.54. The molecule has 1 aliphatic rings. The third-order valence-electron chi connectivity index (χ3n) is 4.49. The summed E-state index contributed by atoms with van der Waals surface area (Å²) >= 11 is 0. The zero-order valence-corrected chi connectivity index (χ0v) is 13.3. The summed E-state index contributed by atoms with van der Waals surface area (Å²) in [5.74, 6) is 1.09. The van der Waals surface area contributed by atoms with Crippen LogP contribution < -0.4 is 5.32 Å². The normalized spacial score (nSPS) is 25.2. The van der Waals surface area contributed by atoms with E-state index in [1.807, 2.05) is 13.8 Å². The molecule has 0 radical (unpaired) electrons. The molecule has 112 valence electrons. The third kappa shape index (κ3) is 5.13. The lowest BCUT2D eigenvalue weighted by atomic mass is 9.69. The summed E-state index contributed by atoms with van der Waals surface area (Å²) < 4.78 is 0. The highest BCUT2D eigenvalue weighted by Crippen LogP contribution is 2.39. The molecule has 1 fully saturated rings. The summed E-state index contributed by atoms with van der Waals surface area (Å²) in [5.41, 5.74) is 0.137. The Kier molecular flexibility index (Phi) is 5.43. The Bertz CT molecular complexity index is 296. The van der Waals surface area contributed by atoms with Crippen molar-refractivity contribution in [2.24, 2.45) is 22.7 Å². The van der Waals surface area contributed by atoms with Gasteiger partial charge in [0, 0.05) is 24.5 Å². The van der Waals surface area contributed by atoms with Gasteiger partial charge in [0.25, 0.3) is 0 Å². The number of amides is 1. The molecule has 1 rings (SSSR count). The van der Waals surface area contributed by atoms with Gasteiger partial charge in [0.1, 0.15) is 0 Å². The van der Waals surface area contributed by atoms with Crippen LogP contribution in [0.25, 0.3) is 0 Å². The number of nitrogens with one attached hydrogen (secondary N) is 1. The Morgan fingerprint density at radius 3 is 2.05 bits per heavy atom. The summed E-state index contributed by atoms with van der Waals surface area (Å²) in [6.45, 7) is 11.5. The van der Waals surface area contributed by atoms with Crippen LogP contribution >= 0.6 is 0 Å². The second-order valence-electron chi connectivity index (χ2n) is 7.95. The molecule has 2 N–H and O–H groups in total. The monoisotopic (exact) mass is 269 g/mol. The second-order valence-corrected chi connectivity index (χ2v) is 7.95. The van der Waals surface area contributed by atoms with E-state index in [4.69, 9.17) is 0 Å². The van der Waals surface area contributed by atoms with Crippen molar-refractivity contribution in [2.45, 2.75) is 60.3 Å². The van der Waals surface area contributed by atoms with E-state index in [0.29, 0.717) is 12.0 Å². The highest BCUT2D eigenvalue weighted by molar-refractivity contribution is 5.78. The molecule has 0 saturated heterocycles. The van der Waals surface area contributed by atoms with Gasteiger partial charge in [0.05, 0.1) is 0 Å². The van der Waals surface area contributed by atoms with E-state index in [2.05, 4.69) is 26.1 Å². The highest BCUT2D eigenvalue weighted by atomic mass is 16.3. The van der Waals surface area contributed by atoms with Crippen LogP contribution in [0.5, 0.6) is 0 Å². The summed E-state index contributed by atoms with van der Waals surface area (Å²) in [6.07, 6.45) is 4.33. The minimum absolute atomic E-state index is 0.101. The molecular weight excluding hydrogens is 238 g/mol. The first-order chi connectivity index (χ1) is 8.65. The van der Waals surface area contributed by atoms with Gasteiger partial charge in [0.15, 0.2) is 0 Å². The molecule has 0 bridgehead atoms. The molecule has 0 aromatic rings. The van der Waals surface area contributed by atoms with Gasteiger partial charge in [-0.1, -0.05) is 34.6 Å². The molecule has 0 unspecified atom stereocenters. The van der Waals surface area contributed by atoms with Gasteiger partial charge in [-0.05, 0) is 37.0 Å². The summed E-state index contributed by atoms with van der Waals surface area (Å²) in [6, 6.07) is 0. The van der Waals surface area contributed by atoms with Crippen LogP contribution in [0.4, 0.5) is 0 Å². The van der Waals surface area contributed by atoms with Crippen LogP contribution in [0.2, 0.25) is 0 Å². The number of aliphatic hydroxyl groups excluding tert-OH is 1. The van der Waals surface area contributed by atoms with Gasteiger partial charge in [-0.15, -0.1) is 0 Å². The van der Waals surface area contributed by atoms with E-state index in [0.717, 1.165) is 31.6 Å². The first kappa shape index (κ1) is 16.5. The van der Waals surface area contributed by atoms with E-state index in [1.165, 1.54) is 0 Å². The minimum Gasteiger partial charge on any atom is -0.396 e. The lowest BCUT2D eigenvalue weighted by Crippen LogP contribution is -2.40. The SMILES string of the molecule is CC(C)(CO)CNC(=O)C1CCC(C(C)(C)C)CC1. The quantitative estimate of drug-likeness (QED) is 0.824. The molecule has 3 heteroatoms. The number of rotatable bonds is 4. The minimum atomic E-state index is -0.224. The van der Waals surface area contributed by atoms with Crippen molar-refractivity contribution in [3.8, 4) is 0 Å². The smallest absolute Gasteiger partial charge is 0.223 e. The van der Waals surface area contributed by atoms with Crippen molar-refractivity contribution < 1.29 is 9.90 Å². The lowest BCUT2D eigenvalue weighted by molar-refractivity contribution is -0.127. The predicted molar refractivity (Wildman–Crippen MR) is 78.8 cm³/mol. The molecule has 0 spiro atoms. The molecule has 19 heavy (non-hydrogen) atoms. The van der Waals surface area contributed by atoms with Crippen LogP contribution in [-0.2, 0) is 4.79 Å². The molecule has 0 aliphatic heterocycles. The van der Waals surface area contributed by atoms with E-state index < -0.39 is 0 Å². The average Bonchev–Trinajstić information content (AvgIpc) is 2.35. The summed E-state index contributed by atoms with van der Waals surface area (Å²) in [5, 5.41) is 12.2. The van der Waals surface area contributed by atoms with Gasteiger partial charge in [-0.2, -0.15) is 0 Å². The standard InChI is InChI=1S/C16H31NO2/c1-15(2,3)13-8-6-12(7-9-13)14(19)17-10-16(4,5)11-18/h12-13,18H,6-11H2,1-5H3,(H,17,19). The van der Waals surface area contributed by atoms with Gasteiger partial charge in [0.2, 0.25) is 5.91 Å². The van der Waals surface area contributed by atoms with Crippen LogP contribution in [0.3, 0.4) is 0 Å². The van der Waals surface area contributed by atoms with E-state index in [-0.39, 0.29) is 23.8 Å². The Morgan fingerprint density at radius 1 is 1.11 bits per heavy atom. The van der Waals surface area contributed by atoms with E-state index >= 15 is 0 Å². The van der Waals surface area contributed by atoms with E-state index in [1.54, 1.807) is 0 Å². The Balaban J connectivity index is 2.37. The lowest BCUT2D eigenvalue weighted by Gasteiger charge is -2.36. The van der Waals surface area contributed by atoms with Crippen molar-refractivity contribution in [3.63, 3.8) is 0 Å². The fourth-order valence-corrected chi connectivity index (χ4v) is 2.75. The molecule has 1 saturated carbocycles. The molecule has 0 atom stereocenters. The average molecular weight is 269 g/mol. The third-order valence-corrected chi connectivity index (χ3v) is 4.49. The number of hydrogen-bond donors (Lipinski definition) is 2. The number of carbonyl (C=O) groups is 1. The van der Waals surface area contributed by atoms with Gasteiger partial charge in [-0.25, -0.2) is 0 Å². The van der Waals surface area contributed by atoms with Crippen molar-refractivity contribution in [1.82, 2.24) is 5.32 Å². The molecule has 3 nitrogen and oxygen atoms in total.